The number of rotatable bonds is 31. The number of aliphatic hydroxyl groups excluding tert-OH is 4. The topological polar surface area (TPSA) is 282 Å². The molecule has 4 amide bonds. The number of nitrogens with zero attached hydrogens (tertiary/aromatic N) is 2. The number of amides is 4. The lowest BCUT2D eigenvalue weighted by Crippen LogP contribution is -2.22. The molecule has 6 aromatic carbocycles. The van der Waals surface area contributed by atoms with Crippen LogP contribution in [0.25, 0.3) is 44.8 Å². The molecular weight excluding hydrogens is 1180 g/mol. The van der Waals surface area contributed by atoms with Gasteiger partial charge in [0, 0.05) is 71.2 Å². The van der Waals surface area contributed by atoms with Crippen molar-refractivity contribution >= 4 is 58.3 Å². The molecule has 0 spiro atoms. The van der Waals surface area contributed by atoms with Gasteiger partial charge in [-0.15, -0.1) is 0 Å². The second-order valence-corrected chi connectivity index (χ2v) is 23.6. The second-order valence-electron chi connectivity index (χ2n) is 23.6. The average Bonchev–Trinajstić information content (AvgIpc) is 1.60. The first-order valence-electron chi connectivity index (χ1n) is 30.8. The second kappa shape index (κ2) is 31.9. The van der Waals surface area contributed by atoms with Crippen LogP contribution in [0.15, 0.2) is 158 Å². The van der Waals surface area contributed by atoms with E-state index in [1.807, 2.05) is 97.5 Å². The summed E-state index contributed by atoms with van der Waals surface area (Å²) in [7, 11) is 0. The van der Waals surface area contributed by atoms with Crippen molar-refractivity contribution in [1.29, 1.82) is 0 Å². The van der Waals surface area contributed by atoms with Crippen LogP contribution in [-0.4, -0.2) is 99.8 Å². The van der Waals surface area contributed by atoms with Crippen molar-refractivity contribution < 1.29 is 68.2 Å². The fourth-order valence-corrected chi connectivity index (χ4v) is 11.7. The molecule has 482 valence electrons. The summed E-state index contributed by atoms with van der Waals surface area (Å²) in [6.45, 7) is 8.07. The number of carboxylic acid groups (broad SMARTS) is 2. The minimum absolute atomic E-state index is 0.105. The van der Waals surface area contributed by atoms with Crippen LogP contribution in [0.3, 0.4) is 0 Å². The van der Waals surface area contributed by atoms with E-state index in [2.05, 4.69) is 21.3 Å². The highest BCUT2D eigenvalue weighted by molar-refractivity contribution is 6.14. The molecule has 2 heterocycles. The van der Waals surface area contributed by atoms with Crippen LogP contribution in [0.2, 0.25) is 0 Å². The molecule has 0 aliphatic heterocycles. The van der Waals surface area contributed by atoms with Gasteiger partial charge in [-0.1, -0.05) is 88.4 Å². The van der Waals surface area contributed by atoms with Gasteiger partial charge in [0.2, 0.25) is 11.8 Å². The Balaban J connectivity index is 0.891. The summed E-state index contributed by atoms with van der Waals surface area (Å²) < 4.78 is 32.7. The van der Waals surface area contributed by atoms with Crippen LogP contribution in [0.5, 0.6) is 0 Å². The zero-order valence-corrected chi connectivity index (χ0v) is 51.7. The predicted molar refractivity (Wildman–Crippen MR) is 350 cm³/mol. The highest BCUT2D eigenvalue weighted by Gasteiger charge is 2.33. The van der Waals surface area contributed by atoms with Crippen LogP contribution in [0.4, 0.5) is 31.5 Å². The first kappa shape index (κ1) is 68.3. The van der Waals surface area contributed by atoms with Gasteiger partial charge >= 0.3 is 11.9 Å². The Morgan fingerprint density at radius 2 is 0.728 bits per heavy atom. The molecular formula is C72H78F2N6O12. The highest BCUT2D eigenvalue weighted by Crippen LogP contribution is 2.45. The van der Waals surface area contributed by atoms with E-state index in [0.717, 1.165) is 0 Å². The zero-order valence-electron chi connectivity index (χ0n) is 51.7. The summed E-state index contributed by atoms with van der Waals surface area (Å²) in [5, 5.41) is 72.7. The maximum absolute atomic E-state index is 14.8. The molecule has 18 nitrogen and oxygen atoms in total. The van der Waals surface area contributed by atoms with Gasteiger partial charge in [0.25, 0.3) is 11.8 Å². The third-order valence-electron chi connectivity index (χ3n) is 15.7. The van der Waals surface area contributed by atoms with E-state index < -0.39 is 72.6 Å². The van der Waals surface area contributed by atoms with Crippen LogP contribution < -0.4 is 21.3 Å². The molecule has 20 heteroatoms. The lowest BCUT2D eigenvalue weighted by Gasteiger charge is -2.20. The Morgan fingerprint density at radius 1 is 0.413 bits per heavy atom. The van der Waals surface area contributed by atoms with Crippen LogP contribution in [0.1, 0.15) is 136 Å². The van der Waals surface area contributed by atoms with E-state index >= 15 is 0 Å². The standard InChI is InChI=1S/C72H78F2N6O12/c1-43(2)67-65(63(45-13-7-5-8-14-45)69(47-19-23-49(73)24-20-47)79(67)37-35-55(81)39-57(83)41-61(87)88)71(91)77-53-31-27-51(28-32-53)75-59(85)17-11-12-18-60(86)76-52-29-33-54(34-30-52)78-72(92)66-64(46-15-9-6-10-16-46)70(48-21-25-50(74)26-22-48)80(68(66)44(3)4)38-36-56(82)40-58(84)42-62(89)90/h5-10,13-16,19-34,43-44,55-58,81-84H,11-12,17-18,35-42H2,1-4H3,(H,75,85)(H,76,86)(H,77,91)(H,78,92)(H,87,88)(H,89,90)/t55-,56-,57-,58-/m1/s1. The smallest absolute Gasteiger partial charge is 0.305 e. The third kappa shape index (κ3) is 18.1. The molecule has 0 saturated heterocycles. The number of benzene rings is 6. The van der Waals surface area contributed by atoms with Gasteiger partial charge < -0.3 is 61.0 Å². The Morgan fingerprint density at radius 3 is 1.03 bits per heavy atom. The monoisotopic (exact) mass is 1260 g/mol. The summed E-state index contributed by atoms with van der Waals surface area (Å²) in [6, 6.07) is 43.6. The number of anilines is 4. The number of carbonyl (C=O) groups is 6. The maximum atomic E-state index is 14.8. The Hall–Kier alpha value is -9.60. The molecule has 92 heavy (non-hydrogen) atoms. The molecule has 0 unspecified atom stereocenters. The summed E-state index contributed by atoms with van der Waals surface area (Å²) >= 11 is 0. The normalized spacial score (nSPS) is 12.7. The number of aromatic nitrogens is 2. The molecule has 0 fully saturated rings. The predicted octanol–water partition coefficient (Wildman–Crippen LogP) is 13.1. The van der Waals surface area contributed by atoms with Crippen molar-refractivity contribution in [3.63, 3.8) is 0 Å². The Kier molecular flexibility index (Phi) is 23.7. The van der Waals surface area contributed by atoms with E-state index in [0.29, 0.717) is 103 Å². The summed E-state index contributed by atoms with van der Waals surface area (Å²) in [4.78, 5) is 78.3. The SMILES string of the molecule is CC(C)c1c(C(=O)Nc2ccc(NC(=O)CCCCC(=O)Nc3ccc(NC(=O)c4c(-c5ccccc5)c(-c5ccc(F)cc5)n(CC[C@@H](O)C[C@@H](O)CC(=O)O)c4C(C)C)cc3)cc2)c(-c2ccccc2)c(-c2ccc(F)cc2)n1CC[C@@H](O)C[C@@H](O)CC(=O)O. The molecule has 0 aliphatic rings. The van der Waals surface area contributed by atoms with Crippen molar-refractivity contribution in [3.05, 3.63) is 192 Å². The van der Waals surface area contributed by atoms with Crippen LogP contribution >= 0.6 is 0 Å². The molecule has 0 radical (unpaired) electrons. The molecule has 4 atom stereocenters. The number of hydrogen-bond acceptors (Lipinski definition) is 10. The van der Waals surface area contributed by atoms with Crippen molar-refractivity contribution in [2.45, 2.75) is 141 Å². The maximum Gasteiger partial charge on any atom is 0.305 e. The molecule has 8 rings (SSSR count). The van der Waals surface area contributed by atoms with Crippen molar-refractivity contribution in [2.75, 3.05) is 21.3 Å². The molecule has 10 N–H and O–H groups in total. The van der Waals surface area contributed by atoms with Crippen LogP contribution in [-0.2, 0) is 32.3 Å². The number of hydrogen-bond donors (Lipinski definition) is 10. The number of aliphatic carboxylic acids is 2. The van der Waals surface area contributed by atoms with Gasteiger partial charge in [0.15, 0.2) is 0 Å². The van der Waals surface area contributed by atoms with Gasteiger partial charge in [-0.25, -0.2) is 8.78 Å². The largest absolute Gasteiger partial charge is 0.481 e. The fraction of sp³-hybridized carbons (Fsp3) is 0.306. The lowest BCUT2D eigenvalue weighted by atomic mass is 9.94. The van der Waals surface area contributed by atoms with E-state index in [1.165, 1.54) is 24.3 Å². The number of carboxylic acids is 2. The van der Waals surface area contributed by atoms with E-state index in [4.69, 9.17) is 0 Å². The van der Waals surface area contributed by atoms with Crippen molar-refractivity contribution in [1.82, 2.24) is 9.13 Å². The first-order valence-corrected chi connectivity index (χ1v) is 30.8. The highest BCUT2D eigenvalue weighted by atomic mass is 19.1. The number of nitrogens with one attached hydrogen (secondary N) is 4. The molecule has 2 aromatic heterocycles. The number of aliphatic hydroxyl groups is 4. The first-order chi connectivity index (χ1) is 44.0. The van der Waals surface area contributed by atoms with Gasteiger partial charge in [-0.2, -0.15) is 0 Å². The number of carbonyl (C=O) groups excluding carboxylic acids is 4. The summed E-state index contributed by atoms with van der Waals surface area (Å²) in [6.07, 6.45) is -4.84. The molecule has 0 bridgehead atoms. The number of unbranched alkanes of at least 4 members (excludes halogenated alkanes) is 1. The van der Waals surface area contributed by atoms with E-state index in [1.54, 1.807) is 72.8 Å². The van der Waals surface area contributed by atoms with Crippen LogP contribution in [0, 0.1) is 11.6 Å². The fourth-order valence-electron chi connectivity index (χ4n) is 11.7. The molecule has 8 aromatic rings. The minimum Gasteiger partial charge on any atom is -0.481 e. The minimum atomic E-state index is -1.27. The quantitative estimate of drug-likeness (QED) is 0.0182. The van der Waals surface area contributed by atoms with Gasteiger partial charge in [-0.05, 0) is 170 Å². The van der Waals surface area contributed by atoms with Crippen molar-refractivity contribution in [2.24, 2.45) is 0 Å². The zero-order chi connectivity index (χ0) is 66.2. The third-order valence-corrected chi connectivity index (χ3v) is 15.7. The summed E-state index contributed by atoms with van der Waals surface area (Å²) in [5.74, 6) is -5.26. The molecule has 0 aliphatic carbocycles. The van der Waals surface area contributed by atoms with Gasteiger partial charge in [0.1, 0.15) is 11.6 Å². The Bertz CT molecular complexity index is 3580. The van der Waals surface area contributed by atoms with Gasteiger partial charge in [0.05, 0.1) is 59.8 Å². The molecule has 0 saturated carbocycles. The lowest BCUT2D eigenvalue weighted by molar-refractivity contribution is -0.140. The Labute approximate surface area is 532 Å². The van der Waals surface area contributed by atoms with E-state index in [9.17, 15) is 68.2 Å². The summed E-state index contributed by atoms with van der Waals surface area (Å²) in [5.41, 5.74) is 8.76. The van der Waals surface area contributed by atoms with E-state index in [-0.39, 0.29) is 75.3 Å². The van der Waals surface area contributed by atoms with Gasteiger partial charge in [-0.3, -0.25) is 28.8 Å². The average molecular weight is 1260 g/mol. The number of halogens is 2. The van der Waals surface area contributed by atoms with Crippen molar-refractivity contribution in [3.8, 4) is 44.8 Å².